The fourth-order valence-corrected chi connectivity index (χ4v) is 2.59. The van der Waals surface area contributed by atoms with Crippen molar-refractivity contribution in [2.75, 3.05) is 13.1 Å². The normalized spacial score (nSPS) is 20.2. The minimum absolute atomic E-state index is 0.496. The van der Waals surface area contributed by atoms with Crippen molar-refractivity contribution < 1.29 is 0 Å². The highest BCUT2D eigenvalue weighted by molar-refractivity contribution is 7.80. The van der Waals surface area contributed by atoms with Gasteiger partial charge in [-0.2, -0.15) is 0 Å². The van der Waals surface area contributed by atoms with Crippen LogP contribution in [0.3, 0.4) is 0 Å². The van der Waals surface area contributed by atoms with Crippen LogP contribution in [0.4, 0.5) is 0 Å². The maximum atomic E-state index is 5.67. The summed E-state index contributed by atoms with van der Waals surface area (Å²) in [6.07, 6.45) is 4.83. The third-order valence-electron chi connectivity index (χ3n) is 3.39. The Balaban J connectivity index is 2.38. The van der Waals surface area contributed by atoms with E-state index >= 15 is 0 Å². The van der Waals surface area contributed by atoms with Crippen LogP contribution in [0.1, 0.15) is 39.5 Å². The molecule has 2 N–H and O–H groups in total. The second-order valence-corrected chi connectivity index (χ2v) is 4.65. The second kappa shape index (κ2) is 5.66. The van der Waals surface area contributed by atoms with E-state index in [0.717, 1.165) is 18.9 Å². The summed E-state index contributed by atoms with van der Waals surface area (Å²) < 4.78 is 0. The first-order valence-electron chi connectivity index (χ1n) is 5.72. The molecule has 1 aliphatic rings. The first-order valence-corrected chi connectivity index (χ1v) is 6.13. The fraction of sp³-hybridized carbons (Fsp3) is 0.909. The zero-order valence-corrected chi connectivity index (χ0v) is 10.1. The number of nitrogens with two attached hydrogens (primary N) is 1. The van der Waals surface area contributed by atoms with Crippen molar-refractivity contribution in [2.24, 2.45) is 11.7 Å². The van der Waals surface area contributed by atoms with Gasteiger partial charge in [-0.15, -0.1) is 0 Å². The number of hydrogen-bond donors (Lipinski definition) is 1. The van der Waals surface area contributed by atoms with E-state index in [1.165, 1.54) is 25.9 Å². The van der Waals surface area contributed by atoms with E-state index in [2.05, 4.69) is 18.7 Å². The first-order chi connectivity index (χ1) is 6.69. The molecule has 0 bridgehead atoms. The summed E-state index contributed by atoms with van der Waals surface area (Å²) in [6, 6.07) is 0.766. The molecule has 0 aliphatic carbocycles. The highest BCUT2D eigenvalue weighted by Gasteiger charge is 2.24. The van der Waals surface area contributed by atoms with Gasteiger partial charge in [0.2, 0.25) is 0 Å². The van der Waals surface area contributed by atoms with Crippen molar-refractivity contribution in [3.8, 4) is 0 Å². The minimum atomic E-state index is 0.496. The molecule has 0 aromatic rings. The van der Waals surface area contributed by atoms with E-state index in [9.17, 15) is 0 Å². The molecule has 1 aliphatic heterocycles. The Hall–Kier alpha value is -0.150. The molecule has 0 atom stereocenters. The molecule has 3 heteroatoms. The van der Waals surface area contributed by atoms with Crippen LogP contribution in [0.5, 0.6) is 0 Å². The summed E-state index contributed by atoms with van der Waals surface area (Å²) in [5.41, 5.74) is 5.67. The molecule has 14 heavy (non-hydrogen) atoms. The summed E-state index contributed by atoms with van der Waals surface area (Å²) in [6.45, 7) is 6.89. The van der Waals surface area contributed by atoms with Gasteiger partial charge in [0.25, 0.3) is 0 Å². The van der Waals surface area contributed by atoms with Gasteiger partial charge in [-0.1, -0.05) is 26.1 Å². The van der Waals surface area contributed by atoms with E-state index in [1.54, 1.807) is 0 Å². The molecule has 1 fully saturated rings. The van der Waals surface area contributed by atoms with E-state index in [1.807, 2.05) is 0 Å². The van der Waals surface area contributed by atoms with E-state index in [0.29, 0.717) is 10.9 Å². The molecule has 0 amide bonds. The van der Waals surface area contributed by atoms with Crippen LogP contribution in [0.2, 0.25) is 0 Å². The molecule has 82 valence electrons. The topological polar surface area (TPSA) is 29.3 Å². The molecule has 2 nitrogen and oxygen atoms in total. The van der Waals surface area contributed by atoms with E-state index < -0.39 is 0 Å². The maximum Gasteiger partial charge on any atom is 0.0759 e. The third-order valence-corrected chi connectivity index (χ3v) is 3.72. The van der Waals surface area contributed by atoms with Gasteiger partial charge in [-0.25, -0.2) is 0 Å². The molecule has 1 rings (SSSR count). The van der Waals surface area contributed by atoms with Crippen LogP contribution >= 0.6 is 12.2 Å². The van der Waals surface area contributed by atoms with Crippen molar-refractivity contribution in [3.05, 3.63) is 0 Å². The molecule has 1 heterocycles. The predicted octanol–water partition coefficient (Wildman–Crippen LogP) is 2.17. The lowest BCUT2D eigenvalue weighted by molar-refractivity contribution is 0.142. The van der Waals surface area contributed by atoms with Gasteiger partial charge in [-0.05, 0) is 38.8 Å². The highest BCUT2D eigenvalue weighted by Crippen LogP contribution is 2.21. The summed E-state index contributed by atoms with van der Waals surface area (Å²) in [7, 11) is 0. The predicted molar refractivity (Wildman–Crippen MR) is 65.5 cm³/mol. The van der Waals surface area contributed by atoms with Gasteiger partial charge >= 0.3 is 0 Å². The Morgan fingerprint density at radius 3 is 2.21 bits per heavy atom. The van der Waals surface area contributed by atoms with Crippen molar-refractivity contribution in [1.29, 1.82) is 0 Å². The number of rotatable bonds is 4. The van der Waals surface area contributed by atoms with Crippen molar-refractivity contribution >= 4 is 17.2 Å². The molecule has 0 saturated carbocycles. The lowest BCUT2D eigenvalue weighted by atomic mass is 9.95. The standard InChI is InChI=1S/C11H22N2S/c1-3-10(4-2)13-7-5-9(6-8-13)11(12)14/h9-10H,3-8H2,1-2H3,(H2,12,14). The van der Waals surface area contributed by atoms with Gasteiger partial charge in [0.15, 0.2) is 0 Å². The van der Waals surface area contributed by atoms with Crippen LogP contribution in [-0.4, -0.2) is 29.0 Å². The second-order valence-electron chi connectivity index (χ2n) is 4.18. The van der Waals surface area contributed by atoms with Gasteiger partial charge < -0.3 is 10.6 Å². The lowest BCUT2D eigenvalue weighted by Gasteiger charge is -2.36. The first kappa shape index (κ1) is 11.9. The van der Waals surface area contributed by atoms with E-state index in [-0.39, 0.29) is 0 Å². The Labute approximate surface area is 92.8 Å². The molecule has 0 spiro atoms. The van der Waals surface area contributed by atoms with Gasteiger partial charge in [0.05, 0.1) is 4.99 Å². The highest BCUT2D eigenvalue weighted by atomic mass is 32.1. The van der Waals surface area contributed by atoms with Crippen molar-refractivity contribution in [3.63, 3.8) is 0 Å². The van der Waals surface area contributed by atoms with Crippen LogP contribution in [0.15, 0.2) is 0 Å². The number of nitrogens with zero attached hydrogens (tertiary/aromatic N) is 1. The van der Waals surface area contributed by atoms with Crippen LogP contribution in [0.25, 0.3) is 0 Å². The van der Waals surface area contributed by atoms with E-state index in [4.69, 9.17) is 18.0 Å². The summed E-state index contributed by atoms with van der Waals surface area (Å²) in [5, 5.41) is 0. The average Bonchev–Trinajstić information content (AvgIpc) is 2.20. The lowest BCUT2D eigenvalue weighted by Crippen LogP contribution is -2.43. The Bertz CT molecular complexity index is 182. The maximum absolute atomic E-state index is 5.67. The summed E-state index contributed by atoms with van der Waals surface area (Å²) >= 11 is 5.04. The molecular weight excluding hydrogens is 192 g/mol. The zero-order valence-electron chi connectivity index (χ0n) is 9.33. The van der Waals surface area contributed by atoms with Crippen molar-refractivity contribution in [1.82, 2.24) is 4.90 Å². The molecule has 1 saturated heterocycles. The van der Waals surface area contributed by atoms with Gasteiger partial charge in [0, 0.05) is 12.0 Å². The summed E-state index contributed by atoms with van der Waals surface area (Å²) in [5.74, 6) is 0.496. The largest absolute Gasteiger partial charge is 0.393 e. The minimum Gasteiger partial charge on any atom is -0.393 e. The number of likely N-dealkylation sites (tertiary alicyclic amines) is 1. The summed E-state index contributed by atoms with van der Waals surface area (Å²) in [4.78, 5) is 3.31. The van der Waals surface area contributed by atoms with Crippen LogP contribution in [0, 0.1) is 5.92 Å². The quantitative estimate of drug-likeness (QED) is 0.727. The fourth-order valence-electron chi connectivity index (χ4n) is 2.35. The SMILES string of the molecule is CCC(CC)N1CCC(C(N)=S)CC1. The zero-order chi connectivity index (χ0) is 10.6. The van der Waals surface area contributed by atoms with Crippen molar-refractivity contribution in [2.45, 2.75) is 45.6 Å². The third kappa shape index (κ3) is 2.92. The molecule has 0 radical (unpaired) electrons. The Morgan fingerprint density at radius 2 is 1.86 bits per heavy atom. The molecule has 0 unspecified atom stereocenters. The molecular formula is C11H22N2S. The number of hydrogen-bond acceptors (Lipinski definition) is 2. The number of thiocarbonyl (C=S) groups is 1. The molecule has 0 aromatic carbocycles. The number of piperidine rings is 1. The smallest absolute Gasteiger partial charge is 0.0759 e. The Morgan fingerprint density at radius 1 is 1.36 bits per heavy atom. The van der Waals surface area contributed by atoms with Gasteiger partial charge in [0.1, 0.15) is 0 Å². The van der Waals surface area contributed by atoms with Gasteiger partial charge in [-0.3, -0.25) is 0 Å². The average molecular weight is 214 g/mol. The Kier molecular flexibility index (Phi) is 4.82. The molecule has 0 aromatic heterocycles. The monoisotopic (exact) mass is 214 g/mol. The van der Waals surface area contributed by atoms with Crippen LogP contribution < -0.4 is 5.73 Å². The van der Waals surface area contributed by atoms with Crippen LogP contribution in [-0.2, 0) is 0 Å².